The maximum atomic E-state index is 6.61. The first-order chi connectivity index (χ1) is 6.79. The van der Waals surface area contributed by atoms with E-state index in [-0.39, 0.29) is 5.04 Å². The first kappa shape index (κ1) is 12.0. The molecule has 0 N–H and O–H groups in total. The Bertz CT molecular complexity index is 278. The van der Waals surface area contributed by atoms with E-state index >= 15 is 0 Å². The van der Waals surface area contributed by atoms with Gasteiger partial charge in [0.2, 0.25) is 0 Å². The molecule has 2 rings (SSSR count). The molecule has 0 aliphatic heterocycles. The average molecular weight is 263 g/mol. The Morgan fingerprint density at radius 2 is 1.87 bits per heavy atom. The minimum Gasteiger partial charge on any atom is -0.145 e. The molecule has 0 heterocycles. The van der Waals surface area contributed by atoms with Gasteiger partial charge in [-0.3, -0.25) is 0 Å². The minimum absolute atomic E-state index is 0.0989. The Morgan fingerprint density at radius 3 is 2.27 bits per heavy atom. The molecule has 3 heteroatoms. The highest BCUT2D eigenvalue weighted by atomic mass is 35.7. The molecule has 0 radical (unpaired) electrons. The van der Waals surface area contributed by atoms with Gasteiger partial charge in [0.1, 0.15) is 0 Å². The fourth-order valence-electron chi connectivity index (χ4n) is 2.76. The number of hydrogen-bond acceptors (Lipinski definition) is 0. The number of halogens is 2. The Balaban J connectivity index is 2.01. The van der Waals surface area contributed by atoms with E-state index in [4.69, 9.17) is 22.2 Å². The smallest absolute Gasteiger partial charge is 0.145 e. The van der Waals surface area contributed by atoms with Gasteiger partial charge in [-0.1, -0.05) is 32.9 Å². The lowest BCUT2D eigenvalue weighted by atomic mass is 9.96. The van der Waals surface area contributed by atoms with Crippen LogP contribution >= 0.6 is 22.2 Å². The summed E-state index contributed by atoms with van der Waals surface area (Å²) in [7, 11) is 0. The van der Waals surface area contributed by atoms with Gasteiger partial charge in [0.25, 0.3) is 6.69 Å². The van der Waals surface area contributed by atoms with Crippen LogP contribution in [0.15, 0.2) is 12.2 Å². The molecule has 0 saturated heterocycles. The van der Waals surface area contributed by atoms with E-state index in [0.29, 0.717) is 0 Å². The SMILES string of the molecule is CC(C)(C)[Si](Cl)(Cl)CC1CC2C=CC1C2. The summed E-state index contributed by atoms with van der Waals surface area (Å²) in [5.74, 6) is 2.38. The van der Waals surface area contributed by atoms with Crippen molar-refractivity contribution in [1.82, 2.24) is 0 Å². The van der Waals surface area contributed by atoms with Gasteiger partial charge in [0.05, 0.1) is 0 Å². The lowest BCUT2D eigenvalue weighted by molar-refractivity contribution is 0.484. The standard InChI is InChI=1S/C12H20Cl2Si/c1-12(2,3)15(13,14)8-11-7-9-4-5-10(11)6-9/h4-5,9-11H,6-8H2,1-3H3. The summed E-state index contributed by atoms with van der Waals surface area (Å²) in [5, 5.41) is 0.0989. The Morgan fingerprint density at radius 1 is 1.20 bits per heavy atom. The molecule has 3 atom stereocenters. The summed E-state index contributed by atoms with van der Waals surface area (Å²) in [6, 6.07) is 1.07. The Kier molecular flexibility index (Phi) is 3.03. The van der Waals surface area contributed by atoms with E-state index in [1.165, 1.54) is 12.8 Å². The topological polar surface area (TPSA) is 0 Å². The van der Waals surface area contributed by atoms with Crippen molar-refractivity contribution < 1.29 is 0 Å². The lowest BCUT2D eigenvalue weighted by Gasteiger charge is -2.34. The van der Waals surface area contributed by atoms with Crippen LogP contribution in [0, 0.1) is 17.8 Å². The second-order valence-electron chi connectivity index (χ2n) is 6.20. The van der Waals surface area contributed by atoms with Gasteiger partial charge in [-0.2, -0.15) is 0 Å². The molecular weight excluding hydrogens is 243 g/mol. The summed E-state index contributed by atoms with van der Waals surface area (Å²) in [4.78, 5) is 0. The van der Waals surface area contributed by atoms with E-state index in [1.54, 1.807) is 0 Å². The van der Waals surface area contributed by atoms with Crippen LogP contribution in [0.2, 0.25) is 11.1 Å². The summed E-state index contributed by atoms with van der Waals surface area (Å²) < 4.78 is 0. The molecule has 3 unspecified atom stereocenters. The molecule has 0 aromatic rings. The highest BCUT2D eigenvalue weighted by molar-refractivity contribution is 7.46. The molecule has 86 valence electrons. The molecule has 0 amide bonds. The quantitative estimate of drug-likeness (QED) is 0.377. The van der Waals surface area contributed by atoms with E-state index < -0.39 is 6.69 Å². The second-order valence-corrected chi connectivity index (χ2v) is 14.0. The number of allylic oxidation sites excluding steroid dienone is 2. The third-order valence-corrected chi connectivity index (χ3v) is 11.6. The van der Waals surface area contributed by atoms with Crippen LogP contribution in [-0.4, -0.2) is 6.69 Å². The van der Waals surface area contributed by atoms with Crippen molar-refractivity contribution in [3.63, 3.8) is 0 Å². The van der Waals surface area contributed by atoms with Gasteiger partial charge in [-0.25, -0.2) is 0 Å². The van der Waals surface area contributed by atoms with Gasteiger partial charge in [-0.05, 0) is 41.7 Å². The van der Waals surface area contributed by atoms with E-state index in [9.17, 15) is 0 Å². The van der Waals surface area contributed by atoms with Gasteiger partial charge >= 0.3 is 0 Å². The average Bonchev–Trinajstić information content (AvgIpc) is 2.61. The molecule has 15 heavy (non-hydrogen) atoms. The van der Waals surface area contributed by atoms with E-state index in [0.717, 1.165) is 23.8 Å². The van der Waals surface area contributed by atoms with Crippen molar-refractivity contribution in [2.24, 2.45) is 17.8 Å². The van der Waals surface area contributed by atoms with Crippen LogP contribution in [0.5, 0.6) is 0 Å². The zero-order valence-corrected chi connectivity index (χ0v) is 12.3. The third-order valence-electron chi connectivity index (χ3n) is 4.03. The zero-order chi connectivity index (χ0) is 11.3. The largest absolute Gasteiger partial charge is 0.256 e. The number of hydrogen-bond donors (Lipinski definition) is 0. The van der Waals surface area contributed by atoms with Gasteiger partial charge in [0.15, 0.2) is 0 Å². The predicted molar refractivity (Wildman–Crippen MR) is 70.8 cm³/mol. The van der Waals surface area contributed by atoms with Crippen LogP contribution in [0.25, 0.3) is 0 Å². The Hall–Kier alpha value is 0.537. The maximum absolute atomic E-state index is 6.61. The van der Waals surface area contributed by atoms with Crippen molar-refractivity contribution in [3.8, 4) is 0 Å². The predicted octanol–water partition coefficient (Wildman–Crippen LogP) is 4.92. The molecule has 1 fully saturated rings. The summed E-state index contributed by atoms with van der Waals surface area (Å²) >= 11 is 13.2. The molecule has 2 bridgehead atoms. The molecule has 0 aromatic carbocycles. The molecule has 2 aliphatic carbocycles. The molecule has 2 aliphatic rings. The van der Waals surface area contributed by atoms with Crippen LogP contribution in [0.1, 0.15) is 33.6 Å². The van der Waals surface area contributed by atoms with Crippen molar-refractivity contribution in [1.29, 1.82) is 0 Å². The van der Waals surface area contributed by atoms with Gasteiger partial charge in [-0.15, -0.1) is 22.2 Å². The third kappa shape index (κ3) is 2.30. The van der Waals surface area contributed by atoms with Crippen molar-refractivity contribution in [3.05, 3.63) is 12.2 Å². The van der Waals surface area contributed by atoms with Crippen LogP contribution in [0.3, 0.4) is 0 Å². The molecular formula is C12H20Cl2Si. The summed E-state index contributed by atoms with van der Waals surface area (Å²) in [5.41, 5.74) is 0. The normalized spacial score (nSPS) is 35.1. The van der Waals surface area contributed by atoms with Crippen LogP contribution in [0.4, 0.5) is 0 Å². The first-order valence-electron chi connectivity index (χ1n) is 5.86. The zero-order valence-electron chi connectivity index (χ0n) is 9.76. The lowest BCUT2D eigenvalue weighted by Crippen LogP contribution is -2.35. The van der Waals surface area contributed by atoms with E-state index in [2.05, 4.69) is 32.9 Å². The highest BCUT2D eigenvalue weighted by Crippen LogP contribution is 2.53. The van der Waals surface area contributed by atoms with Gasteiger partial charge in [0, 0.05) is 0 Å². The minimum atomic E-state index is -2.10. The second kappa shape index (κ2) is 3.78. The highest BCUT2D eigenvalue weighted by Gasteiger charge is 2.47. The van der Waals surface area contributed by atoms with Crippen molar-refractivity contribution in [2.75, 3.05) is 0 Å². The molecule has 0 nitrogen and oxygen atoms in total. The summed E-state index contributed by atoms with van der Waals surface area (Å²) in [6.07, 6.45) is 7.45. The fraction of sp³-hybridized carbons (Fsp3) is 0.833. The molecule has 0 aromatic heterocycles. The van der Waals surface area contributed by atoms with E-state index in [1.807, 2.05) is 0 Å². The first-order valence-corrected chi connectivity index (χ1v) is 10.1. The Labute approximate surface area is 103 Å². The molecule has 0 spiro atoms. The maximum Gasteiger partial charge on any atom is 0.256 e. The summed E-state index contributed by atoms with van der Waals surface area (Å²) in [6.45, 7) is 4.45. The number of rotatable bonds is 2. The van der Waals surface area contributed by atoms with Crippen LogP contribution < -0.4 is 0 Å². The number of fused-ring (bicyclic) bond motifs is 2. The van der Waals surface area contributed by atoms with Crippen LogP contribution in [-0.2, 0) is 0 Å². The van der Waals surface area contributed by atoms with Crippen molar-refractivity contribution >= 4 is 28.9 Å². The molecule has 1 saturated carbocycles. The van der Waals surface area contributed by atoms with Gasteiger partial charge < -0.3 is 0 Å². The van der Waals surface area contributed by atoms with Crippen molar-refractivity contribution in [2.45, 2.75) is 44.7 Å². The fourth-order valence-corrected chi connectivity index (χ4v) is 5.69. The monoisotopic (exact) mass is 262 g/mol.